The summed E-state index contributed by atoms with van der Waals surface area (Å²) in [5.74, 6) is 1.19. The van der Waals surface area contributed by atoms with Gasteiger partial charge in [-0.3, -0.25) is 0 Å². The summed E-state index contributed by atoms with van der Waals surface area (Å²) in [5.41, 5.74) is 8.90. The van der Waals surface area contributed by atoms with Gasteiger partial charge in [-0.05, 0) is 44.1 Å². The largest absolute Gasteiger partial charge is 0.399 e. The molecule has 0 fully saturated rings. The van der Waals surface area contributed by atoms with Gasteiger partial charge in [-0.25, -0.2) is 4.98 Å². The van der Waals surface area contributed by atoms with E-state index in [4.69, 9.17) is 10.7 Å². The molecule has 0 bridgehead atoms. The average Bonchev–Trinajstić information content (AvgIpc) is 2.80. The Hall–Kier alpha value is -1.55. The first kappa shape index (κ1) is 15.8. The average molecular weight is 288 g/mol. The molecule has 116 valence electrons. The van der Waals surface area contributed by atoms with Gasteiger partial charge in [-0.1, -0.05) is 20.8 Å². The van der Waals surface area contributed by atoms with Crippen LogP contribution >= 0.6 is 0 Å². The quantitative estimate of drug-likeness (QED) is 0.758. The highest BCUT2D eigenvalue weighted by Crippen LogP contribution is 2.20. The van der Waals surface area contributed by atoms with Gasteiger partial charge in [-0.15, -0.1) is 0 Å². The maximum absolute atomic E-state index is 5.88. The van der Waals surface area contributed by atoms with Gasteiger partial charge in [0.05, 0.1) is 11.0 Å². The van der Waals surface area contributed by atoms with Crippen LogP contribution in [0.3, 0.4) is 0 Å². The number of aryl methyl sites for hydroxylation is 1. The molecule has 0 aliphatic carbocycles. The van der Waals surface area contributed by atoms with Gasteiger partial charge in [0, 0.05) is 25.2 Å². The minimum atomic E-state index is 0.788. The lowest BCUT2D eigenvalue weighted by molar-refractivity contribution is 0.276. The van der Waals surface area contributed by atoms with Gasteiger partial charge in [0.15, 0.2) is 0 Å². The van der Waals surface area contributed by atoms with E-state index in [0.717, 1.165) is 43.7 Å². The van der Waals surface area contributed by atoms with Crippen molar-refractivity contribution in [2.45, 2.75) is 46.6 Å². The van der Waals surface area contributed by atoms with E-state index in [1.807, 2.05) is 12.1 Å². The summed E-state index contributed by atoms with van der Waals surface area (Å²) in [6, 6.07) is 6.06. The van der Waals surface area contributed by atoms with Crippen molar-refractivity contribution >= 4 is 16.7 Å². The molecule has 2 aromatic rings. The molecule has 4 nitrogen and oxygen atoms in total. The Labute approximate surface area is 128 Å². The third-order valence-electron chi connectivity index (χ3n) is 3.95. The Morgan fingerprint density at radius 1 is 1.14 bits per heavy atom. The minimum absolute atomic E-state index is 0.788. The fourth-order valence-corrected chi connectivity index (χ4v) is 2.85. The van der Waals surface area contributed by atoms with Crippen LogP contribution in [0, 0.1) is 0 Å². The second-order valence-corrected chi connectivity index (χ2v) is 5.61. The van der Waals surface area contributed by atoms with Gasteiger partial charge >= 0.3 is 0 Å². The minimum Gasteiger partial charge on any atom is -0.399 e. The van der Waals surface area contributed by atoms with Crippen LogP contribution in [0.2, 0.25) is 0 Å². The molecule has 0 radical (unpaired) electrons. The summed E-state index contributed by atoms with van der Waals surface area (Å²) in [4.78, 5) is 7.28. The number of anilines is 1. The molecule has 4 heteroatoms. The van der Waals surface area contributed by atoms with E-state index in [1.54, 1.807) is 0 Å². The molecule has 21 heavy (non-hydrogen) atoms. The molecule has 2 rings (SSSR count). The summed E-state index contributed by atoms with van der Waals surface area (Å²) >= 11 is 0. The van der Waals surface area contributed by atoms with Crippen molar-refractivity contribution in [3.8, 4) is 0 Å². The number of rotatable bonds is 8. The van der Waals surface area contributed by atoms with E-state index >= 15 is 0 Å². The Bertz CT molecular complexity index is 573. The summed E-state index contributed by atoms with van der Waals surface area (Å²) in [6.45, 7) is 11.0. The van der Waals surface area contributed by atoms with Crippen molar-refractivity contribution in [2.75, 3.05) is 25.4 Å². The molecule has 1 heterocycles. The van der Waals surface area contributed by atoms with Crippen LogP contribution in [0.25, 0.3) is 11.0 Å². The van der Waals surface area contributed by atoms with Gasteiger partial charge in [0.2, 0.25) is 0 Å². The standard InChI is InChI=1S/C17H28N4/c1-4-7-17-19-15-13-14(18)8-9-16(15)21(17)12-11-20(6-3)10-5-2/h8-9,13H,4-7,10-12,18H2,1-3H3. The molecular formula is C17H28N4. The van der Waals surface area contributed by atoms with E-state index in [2.05, 4.69) is 36.3 Å². The van der Waals surface area contributed by atoms with E-state index in [-0.39, 0.29) is 0 Å². The van der Waals surface area contributed by atoms with Crippen LogP contribution in [-0.4, -0.2) is 34.1 Å². The van der Waals surface area contributed by atoms with Crippen LogP contribution in [0.4, 0.5) is 5.69 Å². The van der Waals surface area contributed by atoms with E-state index in [9.17, 15) is 0 Å². The maximum atomic E-state index is 5.88. The zero-order chi connectivity index (χ0) is 15.2. The molecule has 1 aromatic carbocycles. The lowest BCUT2D eigenvalue weighted by Gasteiger charge is -2.20. The van der Waals surface area contributed by atoms with Crippen molar-refractivity contribution in [2.24, 2.45) is 0 Å². The second-order valence-electron chi connectivity index (χ2n) is 5.61. The molecule has 0 spiro atoms. The van der Waals surface area contributed by atoms with E-state index < -0.39 is 0 Å². The number of benzene rings is 1. The molecule has 2 N–H and O–H groups in total. The van der Waals surface area contributed by atoms with E-state index in [1.165, 1.54) is 24.3 Å². The third kappa shape index (κ3) is 3.76. The van der Waals surface area contributed by atoms with Crippen LogP contribution in [0.5, 0.6) is 0 Å². The number of nitrogen functional groups attached to an aromatic ring is 1. The van der Waals surface area contributed by atoms with Gasteiger partial charge in [0.25, 0.3) is 0 Å². The van der Waals surface area contributed by atoms with Crippen molar-refractivity contribution < 1.29 is 0 Å². The van der Waals surface area contributed by atoms with Crippen molar-refractivity contribution in [1.29, 1.82) is 0 Å². The van der Waals surface area contributed by atoms with Crippen molar-refractivity contribution in [1.82, 2.24) is 14.5 Å². The molecule has 0 saturated carbocycles. The highest BCUT2D eigenvalue weighted by atomic mass is 15.2. The van der Waals surface area contributed by atoms with Crippen molar-refractivity contribution in [3.63, 3.8) is 0 Å². The molecule has 0 aliphatic rings. The topological polar surface area (TPSA) is 47.1 Å². The van der Waals surface area contributed by atoms with Gasteiger partial charge < -0.3 is 15.2 Å². The predicted molar refractivity (Wildman–Crippen MR) is 90.5 cm³/mol. The number of imidazole rings is 1. The number of aromatic nitrogens is 2. The molecule has 0 amide bonds. The van der Waals surface area contributed by atoms with Crippen LogP contribution in [0.15, 0.2) is 18.2 Å². The highest BCUT2D eigenvalue weighted by Gasteiger charge is 2.11. The molecule has 1 aromatic heterocycles. The summed E-state index contributed by atoms with van der Waals surface area (Å²) in [5, 5.41) is 0. The van der Waals surface area contributed by atoms with Crippen LogP contribution in [-0.2, 0) is 13.0 Å². The lowest BCUT2D eigenvalue weighted by atomic mass is 10.3. The number of hydrogen-bond acceptors (Lipinski definition) is 3. The fourth-order valence-electron chi connectivity index (χ4n) is 2.85. The Morgan fingerprint density at radius 3 is 2.62 bits per heavy atom. The SMILES string of the molecule is CCCc1nc2cc(N)ccc2n1CCN(CC)CCC. The molecule has 0 atom stereocenters. The van der Waals surface area contributed by atoms with Crippen LogP contribution < -0.4 is 5.73 Å². The highest BCUT2D eigenvalue weighted by molar-refractivity contribution is 5.79. The molecular weight excluding hydrogens is 260 g/mol. The first-order valence-electron chi connectivity index (χ1n) is 8.16. The number of likely N-dealkylation sites (N-methyl/N-ethyl adjacent to an activating group) is 1. The smallest absolute Gasteiger partial charge is 0.109 e. The third-order valence-corrected chi connectivity index (χ3v) is 3.95. The fraction of sp³-hybridized carbons (Fsp3) is 0.588. The first-order chi connectivity index (χ1) is 10.2. The van der Waals surface area contributed by atoms with Crippen LogP contribution in [0.1, 0.15) is 39.4 Å². The number of hydrogen-bond donors (Lipinski definition) is 1. The number of fused-ring (bicyclic) bond motifs is 1. The summed E-state index contributed by atoms with van der Waals surface area (Å²) < 4.78 is 2.37. The second kappa shape index (κ2) is 7.46. The Morgan fingerprint density at radius 2 is 1.95 bits per heavy atom. The zero-order valence-corrected chi connectivity index (χ0v) is 13.6. The van der Waals surface area contributed by atoms with Gasteiger partial charge in [0.1, 0.15) is 5.82 Å². The first-order valence-corrected chi connectivity index (χ1v) is 8.16. The molecule has 0 saturated heterocycles. The van der Waals surface area contributed by atoms with Crippen molar-refractivity contribution in [3.05, 3.63) is 24.0 Å². The Kier molecular flexibility index (Phi) is 5.62. The zero-order valence-electron chi connectivity index (χ0n) is 13.6. The molecule has 0 unspecified atom stereocenters. The lowest BCUT2D eigenvalue weighted by Crippen LogP contribution is -2.28. The number of nitrogens with two attached hydrogens (primary N) is 1. The van der Waals surface area contributed by atoms with Gasteiger partial charge in [-0.2, -0.15) is 0 Å². The Balaban J connectivity index is 2.25. The summed E-state index contributed by atoms with van der Waals surface area (Å²) in [6.07, 6.45) is 3.34. The number of nitrogens with zero attached hydrogens (tertiary/aromatic N) is 3. The predicted octanol–water partition coefficient (Wildman–Crippen LogP) is 3.30. The van der Waals surface area contributed by atoms with E-state index in [0.29, 0.717) is 0 Å². The normalized spacial score (nSPS) is 11.6. The maximum Gasteiger partial charge on any atom is 0.109 e. The molecule has 0 aliphatic heterocycles. The summed E-state index contributed by atoms with van der Waals surface area (Å²) in [7, 11) is 0. The monoisotopic (exact) mass is 288 g/mol.